The van der Waals surface area contributed by atoms with Gasteiger partial charge in [0.1, 0.15) is 30.4 Å². The lowest BCUT2D eigenvalue weighted by molar-refractivity contribution is -0.141. The number of aliphatic carboxylic acids is 2. The number of rotatable bonds is 17. The van der Waals surface area contributed by atoms with Crippen molar-refractivity contribution in [2.45, 2.75) is 37.4 Å². The normalized spacial score (nSPS) is 12.5. The number of hydrogen-bond donors (Lipinski definition) is 10. The average Bonchev–Trinajstić information content (AvgIpc) is 2.89. The number of carbonyl (C=O) groups is 8. The van der Waals surface area contributed by atoms with E-state index in [0.717, 1.165) is 0 Å². The zero-order chi connectivity index (χ0) is 31.1. The number of amides is 6. The van der Waals surface area contributed by atoms with Crippen LogP contribution < -0.4 is 38.1 Å². The van der Waals surface area contributed by atoms with Gasteiger partial charge in [-0.3, -0.25) is 38.4 Å². The molecule has 0 aliphatic rings. The van der Waals surface area contributed by atoms with E-state index in [-0.39, 0.29) is 12.2 Å². The number of benzene rings is 1. The Hall–Kier alpha value is -5.26. The van der Waals surface area contributed by atoms with E-state index in [2.05, 4.69) is 21.3 Å². The van der Waals surface area contributed by atoms with E-state index in [4.69, 9.17) is 21.7 Å². The molecule has 3 atom stereocenters. The molecule has 0 spiro atoms. The van der Waals surface area contributed by atoms with Gasteiger partial charge >= 0.3 is 11.9 Å². The average molecular weight is 582 g/mol. The van der Waals surface area contributed by atoms with Gasteiger partial charge in [0.15, 0.2) is 0 Å². The van der Waals surface area contributed by atoms with Crippen molar-refractivity contribution >= 4 is 47.4 Å². The summed E-state index contributed by atoms with van der Waals surface area (Å²) in [6, 6.07) is 0.895. The maximum atomic E-state index is 13.1. The highest BCUT2D eigenvalue weighted by molar-refractivity contribution is 5.96. The number of phenols is 1. The van der Waals surface area contributed by atoms with Crippen molar-refractivity contribution < 1.29 is 53.7 Å². The van der Waals surface area contributed by atoms with Gasteiger partial charge in [0.2, 0.25) is 35.4 Å². The first-order valence-electron chi connectivity index (χ1n) is 11.9. The van der Waals surface area contributed by atoms with Crippen LogP contribution in [-0.4, -0.2) is 100 Å². The summed E-state index contributed by atoms with van der Waals surface area (Å²) in [5, 5.41) is 38.0. The van der Waals surface area contributed by atoms with Crippen LogP contribution in [0.3, 0.4) is 0 Å². The monoisotopic (exact) mass is 581 g/mol. The Labute approximate surface area is 232 Å². The van der Waals surface area contributed by atoms with Gasteiger partial charge in [0, 0.05) is 6.42 Å². The fraction of sp³-hybridized carbons (Fsp3) is 0.391. The third kappa shape index (κ3) is 13.4. The summed E-state index contributed by atoms with van der Waals surface area (Å²) in [5.74, 6) is -8.72. The molecule has 0 bridgehead atoms. The van der Waals surface area contributed by atoms with Crippen molar-refractivity contribution in [3.05, 3.63) is 29.8 Å². The minimum atomic E-state index is -1.60. The summed E-state index contributed by atoms with van der Waals surface area (Å²) in [4.78, 5) is 95.1. The van der Waals surface area contributed by atoms with Gasteiger partial charge < -0.3 is 53.4 Å². The molecule has 12 N–H and O–H groups in total. The van der Waals surface area contributed by atoms with E-state index in [1.807, 2.05) is 5.32 Å². The van der Waals surface area contributed by atoms with Crippen molar-refractivity contribution in [2.75, 3.05) is 19.6 Å². The van der Waals surface area contributed by atoms with Crippen LogP contribution in [0.2, 0.25) is 0 Å². The maximum Gasteiger partial charge on any atom is 0.322 e. The first-order valence-corrected chi connectivity index (χ1v) is 11.9. The lowest BCUT2D eigenvalue weighted by atomic mass is 10.0. The van der Waals surface area contributed by atoms with Crippen LogP contribution in [-0.2, 0) is 44.8 Å². The van der Waals surface area contributed by atoms with Crippen LogP contribution >= 0.6 is 0 Å². The molecule has 0 radical (unpaired) electrons. The largest absolute Gasteiger partial charge is 0.508 e. The molecule has 6 amide bonds. The van der Waals surface area contributed by atoms with Gasteiger partial charge in [0.25, 0.3) is 0 Å². The molecule has 0 aromatic heterocycles. The van der Waals surface area contributed by atoms with Crippen molar-refractivity contribution in [3.8, 4) is 5.75 Å². The van der Waals surface area contributed by atoms with Gasteiger partial charge in [-0.1, -0.05) is 12.1 Å². The quantitative estimate of drug-likeness (QED) is 0.0827. The fourth-order valence-electron chi connectivity index (χ4n) is 3.22. The molecule has 41 heavy (non-hydrogen) atoms. The van der Waals surface area contributed by atoms with E-state index < -0.39 is 98.0 Å². The number of nitrogens with two attached hydrogens (primary N) is 2. The van der Waals surface area contributed by atoms with Crippen molar-refractivity contribution in [2.24, 2.45) is 11.5 Å². The topological polar surface area (TPSA) is 309 Å². The molecule has 1 aromatic carbocycles. The second-order valence-corrected chi connectivity index (χ2v) is 8.47. The number of carboxylic acid groups (broad SMARTS) is 2. The Morgan fingerprint density at radius 1 is 0.683 bits per heavy atom. The molecule has 0 heterocycles. The van der Waals surface area contributed by atoms with Crippen LogP contribution in [0.4, 0.5) is 0 Å². The van der Waals surface area contributed by atoms with E-state index >= 15 is 0 Å². The second kappa shape index (κ2) is 16.6. The molecule has 224 valence electrons. The lowest BCUT2D eigenvalue weighted by Gasteiger charge is -2.23. The predicted molar refractivity (Wildman–Crippen MR) is 136 cm³/mol. The molecule has 0 saturated carbocycles. The molecule has 0 unspecified atom stereocenters. The molecule has 18 heteroatoms. The summed E-state index contributed by atoms with van der Waals surface area (Å²) < 4.78 is 0. The molecule has 0 saturated heterocycles. The zero-order valence-electron chi connectivity index (χ0n) is 21.5. The number of primary amides is 1. The summed E-state index contributed by atoms with van der Waals surface area (Å²) in [6.45, 7) is -2.11. The highest BCUT2D eigenvalue weighted by Gasteiger charge is 2.29. The van der Waals surface area contributed by atoms with Crippen LogP contribution in [0.1, 0.15) is 18.4 Å². The Morgan fingerprint density at radius 3 is 1.73 bits per heavy atom. The van der Waals surface area contributed by atoms with Gasteiger partial charge in [-0.2, -0.15) is 0 Å². The van der Waals surface area contributed by atoms with Crippen molar-refractivity contribution in [1.29, 1.82) is 0 Å². The van der Waals surface area contributed by atoms with Gasteiger partial charge in [0.05, 0.1) is 25.9 Å². The molecule has 18 nitrogen and oxygen atoms in total. The Balaban J connectivity index is 3.04. The number of carbonyl (C=O) groups excluding carboxylic acids is 6. The molecule has 0 aliphatic carbocycles. The summed E-state index contributed by atoms with van der Waals surface area (Å²) >= 11 is 0. The predicted octanol–water partition coefficient (Wildman–Crippen LogP) is -4.99. The SMILES string of the molecule is NCC(=O)N[C@@H](CC(=O)O)C(=O)NCC(=O)N[C@@H](Cc1ccc(O)cc1)C(=O)N[C@@H](CC(N)=O)C(=O)NCC(=O)O. The smallest absolute Gasteiger partial charge is 0.322 e. The van der Waals surface area contributed by atoms with Gasteiger partial charge in [-0.05, 0) is 17.7 Å². The van der Waals surface area contributed by atoms with Gasteiger partial charge in [-0.25, -0.2) is 0 Å². The zero-order valence-corrected chi connectivity index (χ0v) is 21.5. The molecular formula is C23H31N7O11. The van der Waals surface area contributed by atoms with Crippen LogP contribution in [0.25, 0.3) is 0 Å². The van der Waals surface area contributed by atoms with E-state index in [9.17, 15) is 43.5 Å². The van der Waals surface area contributed by atoms with E-state index in [1.165, 1.54) is 24.3 Å². The van der Waals surface area contributed by atoms with Crippen LogP contribution in [0, 0.1) is 0 Å². The Bertz CT molecular complexity index is 1160. The van der Waals surface area contributed by atoms with Crippen molar-refractivity contribution in [1.82, 2.24) is 26.6 Å². The number of aromatic hydroxyl groups is 1. The highest BCUT2D eigenvalue weighted by atomic mass is 16.4. The second-order valence-electron chi connectivity index (χ2n) is 8.47. The minimum absolute atomic E-state index is 0.0873. The van der Waals surface area contributed by atoms with Gasteiger partial charge in [-0.15, -0.1) is 0 Å². The highest BCUT2D eigenvalue weighted by Crippen LogP contribution is 2.12. The first kappa shape index (κ1) is 33.8. The van der Waals surface area contributed by atoms with Crippen LogP contribution in [0.5, 0.6) is 5.75 Å². The van der Waals surface area contributed by atoms with E-state index in [1.54, 1.807) is 0 Å². The molecule has 0 aliphatic heterocycles. The minimum Gasteiger partial charge on any atom is -0.508 e. The third-order valence-electron chi connectivity index (χ3n) is 5.12. The lowest BCUT2D eigenvalue weighted by Crippen LogP contribution is -2.57. The maximum absolute atomic E-state index is 13.1. The number of hydrogen-bond acceptors (Lipinski definition) is 10. The number of nitrogens with one attached hydrogen (secondary N) is 5. The summed E-state index contributed by atoms with van der Waals surface area (Å²) in [6.07, 6.45) is -1.72. The Morgan fingerprint density at radius 2 is 1.22 bits per heavy atom. The molecule has 1 rings (SSSR count). The fourth-order valence-corrected chi connectivity index (χ4v) is 3.22. The first-order chi connectivity index (χ1) is 19.2. The summed E-state index contributed by atoms with van der Waals surface area (Å²) in [5.41, 5.74) is 10.7. The number of carboxylic acids is 2. The van der Waals surface area contributed by atoms with Crippen LogP contribution in [0.15, 0.2) is 24.3 Å². The van der Waals surface area contributed by atoms with E-state index in [0.29, 0.717) is 5.56 Å². The molecule has 1 aromatic rings. The molecular weight excluding hydrogens is 550 g/mol. The summed E-state index contributed by atoms with van der Waals surface area (Å²) in [7, 11) is 0. The standard InChI is InChI=1S/C23H31N7O11/c24-8-17(33)28-15(7-19(35)36)22(40)26-9-18(34)29-13(5-11-1-3-12(31)4-2-11)23(41)30-14(6-16(25)32)21(39)27-10-20(37)38/h1-4,13-15,31H,5-10,24H2,(H2,25,32)(H,26,40)(H,27,39)(H,28,33)(H,29,34)(H,30,41)(H,35,36)(H,37,38)/t13-,14-,15-/m0/s1. The third-order valence-corrected chi connectivity index (χ3v) is 5.12. The molecule has 0 fully saturated rings. The van der Waals surface area contributed by atoms with Crippen molar-refractivity contribution in [3.63, 3.8) is 0 Å². The number of phenolic OH excluding ortho intramolecular Hbond substituents is 1. The Kier molecular flexibility index (Phi) is 13.7.